The van der Waals surface area contributed by atoms with Gasteiger partial charge in [0.15, 0.2) is 6.61 Å². The van der Waals surface area contributed by atoms with E-state index < -0.39 is 0 Å². The number of aryl methyl sites for hydroxylation is 1. The Morgan fingerprint density at radius 3 is 2.90 bits per heavy atom. The summed E-state index contributed by atoms with van der Waals surface area (Å²) < 4.78 is 6.45. The summed E-state index contributed by atoms with van der Waals surface area (Å²) in [5.74, 6) is 0.632. The number of halogens is 1. The van der Waals surface area contributed by atoms with Crippen LogP contribution in [0.1, 0.15) is 38.2 Å². The Morgan fingerprint density at radius 2 is 2.24 bits per heavy atom. The van der Waals surface area contributed by atoms with Crippen molar-refractivity contribution in [2.45, 2.75) is 39.0 Å². The van der Waals surface area contributed by atoms with Gasteiger partial charge in [0.2, 0.25) is 0 Å². The molecule has 1 aliphatic rings. The van der Waals surface area contributed by atoms with Crippen LogP contribution in [0.15, 0.2) is 34.3 Å². The summed E-state index contributed by atoms with van der Waals surface area (Å²) in [6.45, 7) is 2.81. The van der Waals surface area contributed by atoms with E-state index in [0.29, 0.717) is 12.3 Å². The fourth-order valence-electron chi connectivity index (χ4n) is 2.35. The SMILES string of the molecule is CCc1ccc(OCC(=O)NCC2=CCCCC2)c(Br)c1. The van der Waals surface area contributed by atoms with E-state index in [1.807, 2.05) is 18.2 Å². The average Bonchev–Trinajstić information content (AvgIpc) is 2.52. The molecule has 0 aromatic heterocycles. The normalized spacial score (nSPS) is 14.5. The Hall–Kier alpha value is -1.29. The lowest BCUT2D eigenvalue weighted by Gasteiger charge is -2.14. The van der Waals surface area contributed by atoms with Crippen LogP contribution in [0.3, 0.4) is 0 Å². The average molecular weight is 352 g/mol. The minimum atomic E-state index is -0.0760. The monoisotopic (exact) mass is 351 g/mol. The van der Waals surface area contributed by atoms with Gasteiger partial charge in [-0.25, -0.2) is 0 Å². The van der Waals surface area contributed by atoms with Gasteiger partial charge in [0.1, 0.15) is 5.75 Å². The summed E-state index contributed by atoms with van der Waals surface area (Å²) in [6.07, 6.45) is 7.96. The lowest BCUT2D eigenvalue weighted by Crippen LogP contribution is -2.30. The van der Waals surface area contributed by atoms with Gasteiger partial charge in [-0.05, 0) is 65.7 Å². The van der Waals surface area contributed by atoms with E-state index in [2.05, 4.69) is 34.2 Å². The van der Waals surface area contributed by atoms with E-state index >= 15 is 0 Å². The van der Waals surface area contributed by atoms with Crippen LogP contribution in [0.25, 0.3) is 0 Å². The molecule has 0 bridgehead atoms. The van der Waals surface area contributed by atoms with E-state index in [1.165, 1.54) is 24.0 Å². The maximum absolute atomic E-state index is 11.8. The van der Waals surface area contributed by atoms with Gasteiger partial charge in [-0.1, -0.05) is 24.6 Å². The van der Waals surface area contributed by atoms with Crippen LogP contribution in [0.4, 0.5) is 0 Å². The lowest BCUT2D eigenvalue weighted by atomic mass is 10.00. The van der Waals surface area contributed by atoms with Crippen LogP contribution in [0, 0.1) is 0 Å². The summed E-state index contributed by atoms with van der Waals surface area (Å²) in [6, 6.07) is 5.95. The molecule has 0 unspecified atom stereocenters. The van der Waals surface area contributed by atoms with Crippen LogP contribution in [0.2, 0.25) is 0 Å². The van der Waals surface area contributed by atoms with Crippen molar-refractivity contribution in [2.24, 2.45) is 0 Å². The van der Waals surface area contributed by atoms with Crippen molar-refractivity contribution in [3.05, 3.63) is 39.9 Å². The number of ether oxygens (including phenoxy) is 1. The van der Waals surface area contributed by atoms with E-state index in [-0.39, 0.29) is 12.5 Å². The predicted octanol–water partition coefficient (Wildman–Crippen LogP) is 4.01. The molecule has 1 aromatic carbocycles. The lowest BCUT2D eigenvalue weighted by molar-refractivity contribution is -0.122. The zero-order chi connectivity index (χ0) is 15.1. The molecule has 114 valence electrons. The summed E-state index contributed by atoms with van der Waals surface area (Å²) >= 11 is 3.47. The maximum atomic E-state index is 11.8. The molecule has 0 atom stereocenters. The predicted molar refractivity (Wildman–Crippen MR) is 88.6 cm³/mol. The molecule has 4 heteroatoms. The molecule has 1 N–H and O–H groups in total. The molecule has 0 saturated heterocycles. The van der Waals surface area contributed by atoms with Crippen molar-refractivity contribution in [3.63, 3.8) is 0 Å². The van der Waals surface area contributed by atoms with E-state index in [4.69, 9.17) is 4.74 Å². The van der Waals surface area contributed by atoms with Crippen LogP contribution >= 0.6 is 15.9 Å². The molecule has 21 heavy (non-hydrogen) atoms. The second-order valence-corrected chi connectivity index (χ2v) is 6.15. The number of carbonyl (C=O) groups is 1. The number of benzene rings is 1. The minimum absolute atomic E-state index is 0.0529. The second-order valence-electron chi connectivity index (χ2n) is 5.29. The highest BCUT2D eigenvalue weighted by molar-refractivity contribution is 9.10. The van der Waals surface area contributed by atoms with Crippen LogP contribution < -0.4 is 10.1 Å². The number of hydrogen-bond donors (Lipinski definition) is 1. The highest BCUT2D eigenvalue weighted by atomic mass is 79.9. The minimum Gasteiger partial charge on any atom is -0.483 e. The van der Waals surface area contributed by atoms with Gasteiger partial charge < -0.3 is 10.1 Å². The van der Waals surface area contributed by atoms with Crippen LogP contribution in [-0.4, -0.2) is 19.1 Å². The third kappa shape index (κ3) is 5.20. The Kier molecular flexibility index (Phi) is 6.30. The number of amides is 1. The summed E-state index contributed by atoms with van der Waals surface area (Å²) in [5.41, 5.74) is 2.57. The van der Waals surface area contributed by atoms with Crippen molar-refractivity contribution in [1.29, 1.82) is 0 Å². The van der Waals surface area contributed by atoms with Crippen molar-refractivity contribution >= 4 is 21.8 Å². The molecule has 1 aromatic rings. The first-order chi connectivity index (χ1) is 10.2. The Balaban J connectivity index is 1.77. The number of hydrogen-bond acceptors (Lipinski definition) is 2. The molecule has 0 fully saturated rings. The highest BCUT2D eigenvalue weighted by Gasteiger charge is 2.08. The molecular formula is C17H22BrNO2. The molecule has 0 aliphatic heterocycles. The number of allylic oxidation sites excluding steroid dienone is 1. The molecular weight excluding hydrogens is 330 g/mol. The van der Waals surface area contributed by atoms with Gasteiger partial charge >= 0.3 is 0 Å². The zero-order valence-electron chi connectivity index (χ0n) is 12.5. The second kappa shape index (κ2) is 8.23. The summed E-state index contributed by atoms with van der Waals surface area (Å²) in [7, 11) is 0. The maximum Gasteiger partial charge on any atom is 0.258 e. The molecule has 1 amide bonds. The first-order valence-electron chi connectivity index (χ1n) is 7.55. The third-order valence-electron chi connectivity index (χ3n) is 3.66. The summed E-state index contributed by atoms with van der Waals surface area (Å²) in [5, 5.41) is 2.92. The van der Waals surface area contributed by atoms with E-state index in [0.717, 1.165) is 23.7 Å². The van der Waals surface area contributed by atoms with Gasteiger partial charge in [-0.3, -0.25) is 4.79 Å². The Bertz CT molecular complexity index is 526. The summed E-state index contributed by atoms with van der Waals surface area (Å²) in [4.78, 5) is 11.8. The smallest absolute Gasteiger partial charge is 0.258 e. The molecule has 0 radical (unpaired) electrons. The number of rotatable bonds is 6. The highest BCUT2D eigenvalue weighted by Crippen LogP contribution is 2.26. The molecule has 2 rings (SSSR count). The third-order valence-corrected chi connectivity index (χ3v) is 4.28. The van der Waals surface area contributed by atoms with Crippen LogP contribution in [0.5, 0.6) is 5.75 Å². The van der Waals surface area contributed by atoms with Crippen molar-refractivity contribution in [3.8, 4) is 5.75 Å². The molecule has 0 heterocycles. The quantitative estimate of drug-likeness (QED) is 0.786. The number of carbonyl (C=O) groups excluding carboxylic acids is 1. The van der Waals surface area contributed by atoms with E-state index in [1.54, 1.807) is 0 Å². The van der Waals surface area contributed by atoms with Gasteiger partial charge in [0.25, 0.3) is 5.91 Å². The van der Waals surface area contributed by atoms with Crippen molar-refractivity contribution in [2.75, 3.05) is 13.2 Å². The van der Waals surface area contributed by atoms with Crippen LogP contribution in [-0.2, 0) is 11.2 Å². The first-order valence-corrected chi connectivity index (χ1v) is 8.34. The molecule has 3 nitrogen and oxygen atoms in total. The van der Waals surface area contributed by atoms with Gasteiger partial charge in [-0.2, -0.15) is 0 Å². The van der Waals surface area contributed by atoms with Gasteiger partial charge in [0.05, 0.1) is 4.47 Å². The Morgan fingerprint density at radius 1 is 1.38 bits per heavy atom. The van der Waals surface area contributed by atoms with Gasteiger partial charge in [0, 0.05) is 6.54 Å². The zero-order valence-corrected chi connectivity index (χ0v) is 14.0. The molecule has 0 saturated carbocycles. The van der Waals surface area contributed by atoms with E-state index in [9.17, 15) is 4.79 Å². The van der Waals surface area contributed by atoms with Crippen molar-refractivity contribution in [1.82, 2.24) is 5.32 Å². The Labute approximate surface area is 134 Å². The first kappa shape index (κ1) is 16.1. The number of nitrogens with one attached hydrogen (secondary N) is 1. The fourth-order valence-corrected chi connectivity index (χ4v) is 2.89. The van der Waals surface area contributed by atoms with Gasteiger partial charge in [-0.15, -0.1) is 0 Å². The van der Waals surface area contributed by atoms with Crippen molar-refractivity contribution < 1.29 is 9.53 Å². The standard InChI is InChI=1S/C17H22BrNO2/c1-2-13-8-9-16(15(18)10-13)21-12-17(20)19-11-14-6-4-3-5-7-14/h6,8-10H,2-5,7,11-12H2,1H3,(H,19,20). The fraction of sp³-hybridized carbons (Fsp3) is 0.471. The topological polar surface area (TPSA) is 38.3 Å². The molecule has 1 aliphatic carbocycles. The largest absolute Gasteiger partial charge is 0.483 e. The molecule has 0 spiro atoms.